The number of hydrogen-bond donors (Lipinski definition) is 1. The van der Waals surface area contributed by atoms with Crippen LogP contribution in [-0.4, -0.2) is 61.7 Å². The van der Waals surface area contributed by atoms with Gasteiger partial charge in [-0.3, -0.25) is 9.59 Å². The van der Waals surface area contributed by atoms with Crippen molar-refractivity contribution >= 4 is 38.9 Å². The molecule has 0 spiro atoms. The zero-order valence-corrected chi connectivity index (χ0v) is 18.6. The molecule has 2 aromatic rings. The Morgan fingerprint density at radius 1 is 1.17 bits per heavy atom. The van der Waals surface area contributed by atoms with E-state index in [0.717, 1.165) is 4.88 Å². The number of thiophene rings is 1. The van der Waals surface area contributed by atoms with Crippen LogP contribution in [0.5, 0.6) is 5.75 Å². The third-order valence-corrected chi connectivity index (χ3v) is 8.33. The van der Waals surface area contributed by atoms with Gasteiger partial charge >= 0.3 is 0 Å². The summed E-state index contributed by atoms with van der Waals surface area (Å²) in [5, 5.41) is 2.73. The molecule has 2 amide bonds. The molecular formula is C20H23N3O5S2. The predicted molar refractivity (Wildman–Crippen MR) is 114 cm³/mol. The molecule has 0 bridgehead atoms. The minimum atomic E-state index is -3.76. The first kappa shape index (κ1) is 20.8. The number of benzene rings is 1. The van der Waals surface area contributed by atoms with Crippen LogP contribution in [0.3, 0.4) is 0 Å². The molecule has 0 unspecified atom stereocenters. The van der Waals surface area contributed by atoms with E-state index in [1.54, 1.807) is 24.8 Å². The lowest BCUT2D eigenvalue weighted by molar-refractivity contribution is -0.122. The highest BCUT2D eigenvalue weighted by atomic mass is 32.2. The fourth-order valence-electron chi connectivity index (χ4n) is 3.60. The smallest absolute Gasteiger partial charge is 0.265 e. The molecule has 3 heterocycles. The van der Waals surface area contributed by atoms with Gasteiger partial charge < -0.3 is 15.0 Å². The summed E-state index contributed by atoms with van der Waals surface area (Å²) >= 11 is 1.44. The van der Waals surface area contributed by atoms with Crippen LogP contribution in [0.25, 0.3) is 0 Å². The Morgan fingerprint density at radius 2 is 1.87 bits per heavy atom. The van der Waals surface area contributed by atoms with E-state index in [1.165, 1.54) is 21.7 Å². The Hall–Kier alpha value is -2.43. The molecule has 160 valence electrons. The first-order valence-electron chi connectivity index (χ1n) is 9.65. The van der Waals surface area contributed by atoms with E-state index >= 15 is 0 Å². The van der Waals surface area contributed by atoms with Crippen molar-refractivity contribution in [1.82, 2.24) is 9.21 Å². The van der Waals surface area contributed by atoms with Gasteiger partial charge in [0.1, 0.15) is 5.75 Å². The first-order valence-corrected chi connectivity index (χ1v) is 11.9. The molecule has 0 radical (unpaired) electrons. The van der Waals surface area contributed by atoms with Crippen molar-refractivity contribution in [2.75, 3.05) is 31.5 Å². The van der Waals surface area contributed by atoms with Crippen molar-refractivity contribution in [3.05, 3.63) is 39.6 Å². The van der Waals surface area contributed by atoms with Crippen molar-refractivity contribution in [3.63, 3.8) is 0 Å². The van der Waals surface area contributed by atoms with E-state index in [0.29, 0.717) is 35.0 Å². The summed E-state index contributed by atoms with van der Waals surface area (Å²) in [5.41, 5.74) is 0.996. The number of carbonyl (C=O) groups excluding carboxylic acids is 2. The summed E-state index contributed by atoms with van der Waals surface area (Å²) in [6, 6.07) is 6.80. The topological polar surface area (TPSA) is 96.0 Å². The van der Waals surface area contributed by atoms with Crippen molar-refractivity contribution in [2.24, 2.45) is 0 Å². The van der Waals surface area contributed by atoms with Gasteiger partial charge in [0.25, 0.3) is 11.8 Å². The Kier molecular flexibility index (Phi) is 5.33. The van der Waals surface area contributed by atoms with Gasteiger partial charge in [0, 0.05) is 37.1 Å². The minimum Gasteiger partial charge on any atom is -0.479 e. The van der Waals surface area contributed by atoms with Crippen molar-refractivity contribution in [3.8, 4) is 5.75 Å². The molecule has 10 heteroatoms. The van der Waals surface area contributed by atoms with Crippen LogP contribution in [-0.2, 0) is 14.8 Å². The number of ether oxygens (including phenoxy) is 1. The van der Waals surface area contributed by atoms with Crippen LogP contribution < -0.4 is 10.1 Å². The summed E-state index contributed by atoms with van der Waals surface area (Å²) in [4.78, 5) is 28.0. The predicted octanol–water partition coefficient (Wildman–Crippen LogP) is 2.23. The zero-order chi connectivity index (χ0) is 21.6. The number of carbonyl (C=O) groups is 2. The van der Waals surface area contributed by atoms with E-state index in [9.17, 15) is 18.0 Å². The lowest BCUT2D eigenvalue weighted by Gasteiger charge is -2.34. The van der Waals surface area contributed by atoms with Gasteiger partial charge in [-0.2, -0.15) is 4.31 Å². The van der Waals surface area contributed by atoms with Crippen molar-refractivity contribution in [2.45, 2.75) is 31.8 Å². The number of sulfonamides is 1. The molecule has 1 atom stereocenters. The van der Waals surface area contributed by atoms with Gasteiger partial charge in [0.05, 0.1) is 15.5 Å². The molecule has 0 aliphatic carbocycles. The maximum absolute atomic E-state index is 13.3. The normalized spacial score (nSPS) is 19.8. The lowest BCUT2D eigenvalue weighted by Crippen LogP contribution is -2.50. The van der Waals surface area contributed by atoms with Gasteiger partial charge in [-0.15, -0.1) is 11.3 Å². The number of hydrogen-bond acceptors (Lipinski definition) is 6. The molecule has 4 rings (SSSR count). The SMILES string of the molecule is Cc1ccc(C(=O)N2CCN(S(=O)(=O)c3cc4c(cc3C)NC(=O)[C@H](C)O4)CC2)s1. The maximum atomic E-state index is 13.3. The molecule has 2 aliphatic rings. The largest absolute Gasteiger partial charge is 0.479 e. The highest BCUT2D eigenvalue weighted by Crippen LogP contribution is 2.35. The second-order valence-corrected chi connectivity index (χ2v) is 10.7. The second kappa shape index (κ2) is 7.68. The molecular weight excluding hydrogens is 426 g/mol. The van der Waals surface area contributed by atoms with Gasteiger partial charge in [0.2, 0.25) is 10.0 Å². The molecule has 1 aromatic heterocycles. The fraction of sp³-hybridized carbons (Fsp3) is 0.400. The average Bonchev–Trinajstić information content (AvgIpc) is 3.14. The quantitative estimate of drug-likeness (QED) is 0.775. The van der Waals surface area contributed by atoms with Gasteiger partial charge in [0.15, 0.2) is 6.10 Å². The monoisotopic (exact) mass is 449 g/mol. The first-order chi connectivity index (χ1) is 14.2. The number of amides is 2. The number of aryl methyl sites for hydroxylation is 2. The van der Waals surface area contributed by atoms with Crippen LogP contribution in [0.4, 0.5) is 5.69 Å². The standard InChI is InChI=1S/C20H23N3O5S2/c1-12-10-15-16(28-14(3)19(24)21-15)11-18(12)30(26,27)23-8-6-22(7-9-23)20(25)17-5-4-13(2)29-17/h4-5,10-11,14H,6-9H2,1-3H3,(H,21,24)/t14-/m0/s1. The Balaban J connectivity index is 1.52. The van der Waals surface area contributed by atoms with Crippen LogP contribution in [0, 0.1) is 13.8 Å². The summed E-state index contributed by atoms with van der Waals surface area (Å²) in [6.07, 6.45) is -0.689. The molecule has 0 saturated carbocycles. The van der Waals surface area contributed by atoms with Crippen LogP contribution in [0.15, 0.2) is 29.2 Å². The number of nitrogens with zero attached hydrogens (tertiary/aromatic N) is 2. The summed E-state index contributed by atoms with van der Waals surface area (Å²) in [5.74, 6) is 0.0145. The molecule has 1 saturated heterocycles. The summed E-state index contributed by atoms with van der Waals surface area (Å²) in [6.45, 7) is 6.37. The molecule has 30 heavy (non-hydrogen) atoms. The highest BCUT2D eigenvalue weighted by Gasteiger charge is 2.33. The summed E-state index contributed by atoms with van der Waals surface area (Å²) in [7, 11) is -3.76. The zero-order valence-electron chi connectivity index (χ0n) is 17.0. The minimum absolute atomic E-state index is 0.0618. The molecule has 8 nitrogen and oxygen atoms in total. The third kappa shape index (κ3) is 3.70. The number of rotatable bonds is 3. The Labute approximate surface area is 179 Å². The van der Waals surface area contributed by atoms with Crippen molar-refractivity contribution in [1.29, 1.82) is 0 Å². The molecule has 1 fully saturated rings. The third-order valence-electron chi connectivity index (χ3n) is 5.30. The number of anilines is 1. The van der Waals surface area contributed by atoms with Gasteiger partial charge in [-0.05, 0) is 44.5 Å². The van der Waals surface area contributed by atoms with E-state index < -0.39 is 16.1 Å². The second-order valence-electron chi connectivity index (χ2n) is 7.47. The van der Waals surface area contributed by atoms with E-state index in [-0.39, 0.29) is 29.8 Å². The van der Waals surface area contributed by atoms with E-state index in [1.807, 2.05) is 19.1 Å². The van der Waals surface area contributed by atoms with E-state index in [2.05, 4.69) is 5.32 Å². The van der Waals surface area contributed by atoms with Crippen LogP contribution in [0.1, 0.15) is 27.0 Å². The van der Waals surface area contributed by atoms with Gasteiger partial charge in [-0.1, -0.05) is 0 Å². The lowest BCUT2D eigenvalue weighted by atomic mass is 10.1. The molecule has 1 aromatic carbocycles. The van der Waals surface area contributed by atoms with Crippen LogP contribution in [0.2, 0.25) is 0 Å². The number of piperazine rings is 1. The van der Waals surface area contributed by atoms with Gasteiger partial charge in [-0.25, -0.2) is 8.42 Å². The average molecular weight is 450 g/mol. The number of fused-ring (bicyclic) bond motifs is 1. The highest BCUT2D eigenvalue weighted by molar-refractivity contribution is 7.89. The van der Waals surface area contributed by atoms with E-state index in [4.69, 9.17) is 4.74 Å². The van der Waals surface area contributed by atoms with Crippen LogP contribution >= 0.6 is 11.3 Å². The maximum Gasteiger partial charge on any atom is 0.265 e. The summed E-state index contributed by atoms with van der Waals surface area (Å²) < 4.78 is 33.5. The van der Waals surface area contributed by atoms with Crippen molar-refractivity contribution < 1.29 is 22.7 Å². The number of nitrogens with one attached hydrogen (secondary N) is 1. The Bertz CT molecular complexity index is 1120. The fourth-order valence-corrected chi connectivity index (χ4v) is 6.08. The Morgan fingerprint density at radius 3 is 2.50 bits per heavy atom. The molecule has 1 N–H and O–H groups in total. The molecule has 2 aliphatic heterocycles.